The van der Waals surface area contributed by atoms with Crippen LogP contribution in [-0.4, -0.2) is 64.4 Å². The summed E-state index contributed by atoms with van der Waals surface area (Å²) in [4.78, 5) is 78.8. The summed E-state index contributed by atoms with van der Waals surface area (Å²) in [7, 11) is 6.19. The van der Waals surface area contributed by atoms with Crippen LogP contribution >= 0.6 is 22.9 Å². The standard InChI is InChI=1S/C45H40ClFN8O8S/c1-21-25-16-22(46)10-11-35(25)64-39(21)30-19-36(51(4)49-30)54-40(57)26-17-31-23(37(45(26,2)42(54)59)24-8-7-9-27(47)38(24)56)12-15-53-43(60)52(44(61)55(31)53)14-13-28-41(58)50(3)32-20-34(63-6)33(62-5)18-29(32)48-28/h7-12,16,18-20,26,31,37,56H,13-15,17H2,1-6H3. The van der Waals surface area contributed by atoms with Gasteiger partial charge in [-0.3, -0.25) is 19.1 Å². The number of rotatable bonds is 8. The maximum atomic E-state index is 15.3. The molecule has 10 rings (SSSR count). The van der Waals surface area contributed by atoms with Gasteiger partial charge < -0.3 is 19.1 Å². The summed E-state index contributed by atoms with van der Waals surface area (Å²) in [6, 6.07) is 13.6. The fourth-order valence-electron chi connectivity index (χ4n) is 10.1. The Balaban J connectivity index is 1.05. The molecule has 16 nitrogen and oxygen atoms in total. The van der Waals surface area contributed by atoms with Crippen LogP contribution in [0.25, 0.3) is 31.7 Å². The van der Waals surface area contributed by atoms with Crippen molar-refractivity contribution >= 4 is 61.7 Å². The molecule has 0 spiro atoms. The number of thiophene rings is 1. The van der Waals surface area contributed by atoms with E-state index in [0.717, 1.165) is 36.1 Å². The Hall–Kier alpha value is -6.79. The molecule has 64 heavy (non-hydrogen) atoms. The lowest BCUT2D eigenvalue weighted by Gasteiger charge is -2.47. The topological polar surface area (TPSA) is 178 Å². The number of nitrogens with zero attached hydrogens (tertiary/aromatic N) is 8. The zero-order valence-corrected chi connectivity index (χ0v) is 37.0. The Morgan fingerprint density at radius 2 is 1.75 bits per heavy atom. The Labute approximate surface area is 371 Å². The summed E-state index contributed by atoms with van der Waals surface area (Å²) < 4.78 is 33.6. The molecule has 1 saturated heterocycles. The van der Waals surface area contributed by atoms with Crippen molar-refractivity contribution in [3.05, 3.63) is 125 Å². The number of carbonyl (C=O) groups is 2. The molecule has 1 saturated carbocycles. The van der Waals surface area contributed by atoms with Crippen LogP contribution in [0.5, 0.6) is 17.2 Å². The summed E-state index contributed by atoms with van der Waals surface area (Å²) >= 11 is 7.82. The van der Waals surface area contributed by atoms with Crippen molar-refractivity contribution in [1.82, 2.24) is 33.3 Å². The number of carbonyl (C=O) groups excluding carboxylic acids is 2. The number of allylic oxidation sites excluding steroid dienone is 2. The Morgan fingerprint density at radius 3 is 2.50 bits per heavy atom. The highest BCUT2D eigenvalue weighted by molar-refractivity contribution is 7.22. The first-order valence-electron chi connectivity index (χ1n) is 20.4. The van der Waals surface area contributed by atoms with E-state index >= 15 is 9.18 Å². The summed E-state index contributed by atoms with van der Waals surface area (Å²) in [5, 5.41) is 17.6. The summed E-state index contributed by atoms with van der Waals surface area (Å²) in [5.41, 5.74) is -0.322. The van der Waals surface area contributed by atoms with E-state index in [9.17, 15) is 24.3 Å². The van der Waals surface area contributed by atoms with Gasteiger partial charge in [0.05, 0.1) is 54.0 Å². The van der Waals surface area contributed by atoms with Crippen molar-refractivity contribution < 1.29 is 28.6 Å². The van der Waals surface area contributed by atoms with Crippen molar-refractivity contribution in [2.24, 2.45) is 25.4 Å². The Morgan fingerprint density at radius 1 is 1.00 bits per heavy atom. The van der Waals surface area contributed by atoms with Crippen LogP contribution in [0.4, 0.5) is 10.2 Å². The van der Waals surface area contributed by atoms with Gasteiger partial charge in [-0.2, -0.15) is 5.10 Å². The first-order chi connectivity index (χ1) is 30.6. The number of ether oxygens (including phenoxy) is 2. The number of fused-ring (bicyclic) bond motifs is 6. The smallest absolute Gasteiger partial charge is 0.347 e. The van der Waals surface area contributed by atoms with E-state index in [1.54, 1.807) is 45.3 Å². The third-order valence-corrected chi connectivity index (χ3v) is 14.9. The molecule has 2 amide bonds. The SMILES string of the molecule is COc1cc2nc(CCn3c(=O)n4n(c3=O)C3CC5C(=O)N(c6cc(-c7sc8ccc(Cl)cc8c7C)nn6C)C(=O)C5(C)C(c5cccc(F)c5O)C3=CC4)c(=O)n(C)c2cc1OC. The van der Waals surface area contributed by atoms with Crippen molar-refractivity contribution in [3.63, 3.8) is 0 Å². The van der Waals surface area contributed by atoms with E-state index in [-0.39, 0.29) is 43.0 Å². The van der Waals surface area contributed by atoms with Gasteiger partial charge >= 0.3 is 11.4 Å². The number of amides is 2. The third-order valence-electron chi connectivity index (χ3n) is 13.4. The molecule has 7 aromatic rings. The number of phenolic OH excluding ortho intramolecular Hbond substituents is 1. The quantitative estimate of drug-likeness (QED) is 0.149. The van der Waals surface area contributed by atoms with Gasteiger partial charge in [-0.05, 0) is 61.1 Å². The second-order valence-corrected chi connectivity index (χ2v) is 18.1. The number of aryl methyl sites for hydroxylation is 4. The minimum Gasteiger partial charge on any atom is -0.505 e. The zero-order valence-electron chi connectivity index (χ0n) is 35.4. The van der Waals surface area contributed by atoms with Gasteiger partial charge in [0.15, 0.2) is 23.1 Å². The average Bonchev–Trinajstić information content (AvgIpc) is 3.95. The molecule has 2 fully saturated rings. The highest BCUT2D eigenvalue weighted by atomic mass is 35.5. The van der Waals surface area contributed by atoms with E-state index in [1.807, 2.05) is 25.1 Å². The number of hydrogen-bond donors (Lipinski definition) is 1. The summed E-state index contributed by atoms with van der Waals surface area (Å²) in [6.07, 6.45) is 1.57. The van der Waals surface area contributed by atoms with Gasteiger partial charge in [-0.1, -0.05) is 29.8 Å². The highest BCUT2D eigenvalue weighted by Gasteiger charge is 2.66. The van der Waals surface area contributed by atoms with E-state index in [2.05, 4.69) is 4.98 Å². The van der Waals surface area contributed by atoms with Gasteiger partial charge in [0.2, 0.25) is 11.8 Å². The maximum Gasteiger partial charge on any atom is 0.347 e. The lowest BCUT2D eigenvalue weighted by atomic mass is 9.56. The van der Waals surface area contributed by atoms with Crippen LogP contribution in [0.2, 0.25) is 5.02 Å². The van der Waals surface area contributed by atoms with Gasteiger partial charge in [0.25, 0.3) is 5.56 Å². The Kier molecular flexibility index (Phi) is 9.43. The number of imide groups is 1. The molecule has 3 aromatic carbocycles. The van der Waals surface area contributed by atoms with Crippen LogP contribution in [0.1, 0.15) is 42.1 Å². The van der Waals surface area contributed by atoms with Crippen molar-refractivity contribution in [2.75, 3.05) is 19.1 Å². The predicted octanol–water partition coefficient (Wildman–Crippen LogP) is 5.60. The summed E-state index contributed by atoms with van der Waals surface area (Å²) in [6.45, 7) is 3.29. The van der Waals surface area contributed by atoms with E-state index in [1.165, 1.54) is 56.3 Å². The highest BCUT2D eigenvalue weighted by Crippen LogP contribution is 2.62. The van der Waals surface area contributed by atoms with Crippen LogP contribution < -0.4 is 31.3 Å². The van der Waals surface area contributed by atoms with Crippen LogP contribution in [0.3, 0.4) is 0 Å². The first kappa shape index (κ1) is 41.2. The molecule has 4 unspecified atom stereocenters. The number of halogens is 2. The molecule has 6 heterocycles. The summed E-state index contributed by atoms with van der Waals surface area (Å²) in [5.74, 6) is -3.94. The zero-order chi connectivity index (χ0) is 45.3. The number of aromatic nitrogens is 7. The minimum absolute atomic E-state index is 0.0625. The van der Waals surface area contributed by atoms with Crippen LogP contribution in [0.15, 0.2) is 80.6 Å². The normalized spacial score (nSPS) is 20.5. The molecule has 4 aromatic heterocycles. The molecule has 328 valence electrons. The lowest BCUT2D eigenvalue weighted by Crippen LogP contribution is -2.49. The van der Waals surface area contributed by atoms with Crippen molar-refractivity contribution in [2.45, 2.75) is 51.7 Å². The van der Waals surface area contributed by atoms with Gasteiger partial charge in [0, 0.05) is 66.5 Å². The molecule has 0 radical (unpaired) electrons. The predicted molar refractivity (Wildman–Crippen MR) is 237 cm³/mol. The molecule has 0 bridgehead atoms. The van der Waals surface area contributed by atoms with E-state index in [4.69, 9.17) is 26.2 Å². The molecule has 2 aliphatic heterocycles. The largest absolute Gasteiger partial charge is 0.505 e. The minimum atomic E-state index is -1.58. The van der Waals surface area contributed by atoms with Crippen molar-refractivity contribution in [3.8, 4) is 27.8 Å². The second kappa shape index (κ2) is 14.6. The monoisotopic (exact) mass is 906 g/mol. The molecule has 1 N–H and O–H groups in total. The average molecular weight is 907 g/mol. The molecule has 4 atom stereocenters. The number of para-hydroxylation sites is 1. The van der Waals surface area contributed by atoms with E-state index in [0.29, 0.717) is 38.8 Å². The number of phenols is 1. The maximum absolute atomic E-state index is 15.3. The molecule has 1 aliphatic carbocycles. The number of hydrogen-bond acceptors (Lipinski definition) is 11. The lowest BCUT2D eigenvalue weighted by molar-refractivity contribution is -0.129. The van der Waals surface area contributed by atoms with Gasteiger partial charge in [-0.15, -0.1) is 11.3 Å². The third kappa shape index (κ3) is 5.73. The van der Waals surface area contributed by atoms with Crippen LogP contribution in [-0.2, 0) is 43.2 Å². The molecular weight excluding hydrogens is 867 g/mol. The van der Waals surface area contributed by atoms with Crippen LogP contribution in [0, 0.1) is 24.1 Å². The number of aromatic hydroxyl groups is 1. The molecular formula is C45H40ClFN8O8S. The fourth-order valence-corrected chi connectivity index (χ4v) is 11.5. The second-order valence-electron chi connectivity index (χ2n) is 16.6. The molecule has 3 aliphatic rings. The van der Waals surface area contributed by atoms with Gasteiger partial charge in [-0.25, -0.2) is 37.8 Å². The van der Waals surface area contributed by atoms with Gasteiger partial charge in [0.1, 0.15) is 17.2 Å². The fraction of sp³-hybridized carbons (Fsp3) is 0.311. The molecule has 19 heteroatoms. The first-order valence-corrected chi connectivity index (χ1v) is 21.6. The van der Waals surface area contributed by atoms with Crippen molar-refractivity contribution in [1.29, 1.82) is 0 Å². The number of benzene rings is 3. The number of methoxy groups -OCH3 is 2. The number of anilines is 1. The van der Waals surface area contributed by atoms with E-state index < -0.39 is 63.6 Å². The Bertz CT molecular complexity index is 3420.